The topological polar surface area (TPSA) is 66.5 Å². The third-order valence-electron chi connectivity index (χ3n) is 3.72. The van der Waals surface area contributed by atoms with Gasteiger partial charge in [-0.1, -0.05) is 25.0 Å². The van der Waals surface area contributed by atoms with E-state index in [-0.39, 0.29) is 5.91 Å². The van der Waals surface area contributed by atoms with Crippen LogP contribution in [0.15, 0.2) is 11.6 Å². The Morgan fingerprint density at radius 1 is 1.37 bits per heavy atom. The van der Waals surface area contributed by atoms with E-state index in [0.29, 0.717) is 13.0 Å². The average Bonchev–Trinajstić information content (AvgIpc) is 2.87. The van der Waals surface area contributed by atoms with E-state index in [1.807, 2.05) is 6.92 Å². The summed E-state index contributed by atoms with van der Waals surface area (Å²) in [5.41, 5.74) is 1.31. The van der Waals surface area contributed by atoms with Gasteiger partial charge in [-0.3, -0.25) is 19.8 Å². The quantitative estimate of drug-likeness (QED) is 0.610. The second kappa shape index (κ2) is 5.99. The van der Waals surface area contributed by atoms with Crippen LogP contribution in [0.1, 0.15) is 45.4 Å². The Morgan fingerprint density at radius 3 is 2.79 bits per heavy atom. The first kappa shape index (κ1) is 13.8. The number of imide groups is 2. The van der Waals surface area contributed by atoms with E-state index in [2.05, 4.69) is 11.4 Å². The second-order valence-electron chi connectivity index (χ2n) is 5.13. The number of hydrogen-bond donors (Lipinski definition) is 1. The van der Waals surface area contributed by atoms with Crippen LogP contribution in [-0.2, 0) is 9.59 Å². The largest absolute Gasteiger partial charge is 0.330 e. The highest BCUT2D eigenvalue weighted by atomic mass is 16.2. The Bertz CT molecular complexity index is 428. The number of nitrogens with one attached hydrogen (secondary N) is 1. The average molecular weight is 264 g/mol. The van der Waals surface area contributed by atoms with Gasteiger partial charge in [0.15, 0.2) is 0 Å². The van der Waals surface area contributed by atoms with Gasteiger partial charge < -0.3 is 0 Å². The Morgan fingerprint density at radius 2 is 2.16 bits per heavy atom. The zero-order valence-corrected chi connectivity index (χ0v) is 11.3. The van der Waals surface area contributed by atoms with Crippen LogP contribution < -0.4 is 5.32 Å². The van der Waals surface area contributed by atoms with Crippen LogP contribution in [0.25, 0.3) is 0 Å². The second-order valence-corrected chi connectivity index (χ2v) is 5.13. The molecule has 4 amide bonds. The molecule has 0 saturated carbocycles. The van der Waals surface area contributed by atoms with Gasteiger partial charge in [0.1, 0.15) is 5.92 Å². The first-order valence-electron chi connectivity index (χ1n) is 6.97. The molecule has 19 heavy (non-hydrogen) atoms. The lowest BCUT2D eigenvalue weighted by molar-refractivity contribution is -0.142. The minimum atomic E-state index is -0.694. The van der Waals surface area contributed by atoms with Gasteiger partial charge in [0, 0.05) is 6.54 Å². The number of amides is 4. The van der Waals surface area contributed by atoms with Crippen molar-refractivity contribution >= 4 is 17.8 Å². The molecule has 1 saturated heterocycles. The molecule has 0 aromatic rings. The number of barbiturate groups is 1. The summed E-state index contributed by atoms with van der Waals surface area (Å²) in [5.74, 6) is -1.48. The summed E-state index contributed by atoms with van der Waals surface area (Å²) in [4.78, 5) is 36.7. The van der Waals surface area contributed by atoms with E-state index >= 15 is 0 Å². The van der Waals surface area contributed by atoms with Gasteiger partial charge in [0.2, 0.25) is 11.8 Å². The lowest BCUT2D eigenvalue weighted by Crippen LogP contribution is -2.58. The van der Waals surface area contributed by atoms with E-state index < -0.39 is 17.9 Å². The molecule has 104 valence electrons. The van der Waals surface area contributed by atoms with E-state index in [0.717, 1.165) is 32.1 Å². The molecule has 0 aromatic carbocycles. The summed E-state index contributed by atoms with van der Waals surface area (Å²) in [6, 6.07) is -0.569. The van der Waals surface area contributed by atoms with Crippen LogP contribution in [0.3, 0.4) is 0 Å². The molecular weight excluding hydrogens is 244 g/mol. The standard InChI is InChI=1S/C14H20N2O3/c1-2-5-11-12(17)15-14(19)16(13(11)18)9-8-10-6-3-4-7-10/h6,11H,2-5,7-9H2,1H3,(H,15,17,19). The highest BCUT2D eigenvalue weighted by Gasteiger charge is 2.39. The lowest BCUT2D eigenvalue weighted by Gasteiger charge is -2.30. The van der Waals surface area contributed by atoms with Crippen LogP contribution in [0, 0.1) is 5.92 Å². The first-order valence-corrected chi connectivity index (χ1v) is 6.97. The summed E-state index contributed by atoms with van der Waals surface area (Å²) in [6.45, 7) is 2.30. The van der Waals surface area contributed by atoms with Gasteiger partial charge in [0.25, 0.3) is 0 Å². The third-order valence-corrected chi connectivity index (χ3v) is 3.72. The molecule has 1 fully saturated rings. The number of allylic oxidation sites excluding steroid dienone is 1. The molecule has 1 aliphatic carbocycles. The fraction of sp³-hybridized carbons (Fsp3) is 0.643. The van der Waals surface area contributed by atoms with Gasteiger partial charge in [-0.05, 0) is 32.1 Å². The minimum Gasteiger partial charge on any atom is -0.277 e. The zero-order valence-electron chi connectivity index (χ0n) is 11.3. The number of urea groups is 1. The Kier molecular flexibility index (Phi) is 4.35. The van der Waals surface area contributed by atoms with Crippen molar-refractivity contribution in [1.82, 2.24) is 10.2 Å². The molecule has 0 radical (unpaired) electrons. The number of rotatable bonds is 5. The molecule has 1 unspecified atom stereocenters. The van der Waals surface area contributed by atoms with Crippen molar-refractivity contribution in [1.29, 1.82) is 0 Å². The van der Waals surface area contributed by atoms with E-state index in [4.69, 9.17) is 0 Å². The molecule has 5 nitrogen and oxygen atoms in total. The minimum absolute atomic E-state index is 0.339. The summed E-state index contributed by atoms with van der Waals surface area (Å²) < 4.78 is 0. The smallest absolute Gasteiger partial charge is 0.277 e. The molecular formula is C14H20N2O3. The van der Waals surface area contributed by atoms with Gasteiger partial charge in [0.05, 0.1) is 0 Å². The van der Waals surface area contributed by atoms with Crippen LogP contribution >= 0.6 is 0 Å². The van der Waals surface area contributed by atoms with Crippen molar-refractivity contribution in [2.45, 2.75) is 45.4 Å². The molecule has 2 rings (SSSR count). The fourth-order valence-electron chi connectivity index (χ4n) is 2.64. The highest BCUT2D eigenvalue weighted by molar-refractivity contribution is 6.16. The lowest BCUT2D eigenvalue weighted by atomic mass is 9.99. The van der Waals surface area contributed by atoms with E-state index in [9.17, 15) is 14.4 Å². The maximum absolute atomic E-state index is 12.2. The molecule has 1 aliphatic heterocycles. The Balaban J connectivity index is 1.99. The third kappa shape index (κ3) is 3.03. The van der Waals surface area contributed by atoms with Crippen LogP contribution in [0.5, 0.6) is 0 Å². The predicted molar refractivity (Wildman–Crippen MR) is 70.2 cm³/mol. The van der Waals surface area contributed by atoms with Gasteiger partial charge in [-0.15, -0.1) is 0 Å². The molecule has 0 bridgehead atoms. The molecule has 1 heterocycles. The number of nitrogens with zero attached hydrogens (tertiary/aromatic N) is 1. The number of carbonyl (C=O) groups is 3. The monoisotopic (exact) mass is 264 g/mol. The van der Waals surface area contributed by atoms with Crippen LogP contribution in [0.2, 0.25) is 0 Å². The summed E-state index contributed by atoms with van der Waals surface area (Å²) >= 11 is 0. The van der Waals surface area contributed by atoms with Crippen LogP contribution in [-0.4, -0.2) is 29.3 Å². The van der Waals surface area contributed by atoms with E-state index in [1.165, 1.54) is 10.5 Å². The maximum Gasteiger partial charge on any atom is 0.330 e. The molecule has 1 N–H and O–H groups in total. The first-order chi connectivity index (χ1) is 9.13. The normalized spacial score (nSPS) is 23.6. The number of hydrogen-bond acceptors (Lipinski definition) is 3. The molecule has 2 aliphatic rings. The zero-order chi connectivity index (χ0) is 13.8. The fourth-order valence-corrected chi connectivity index (χ4v) is 2.64. The SMILES string of the molecule is CCCC1C(=O)NC(=O)N(CCC2=CCCC2)C1=O. The van der Waals surface area contributed by atoms with Gasteiger partial charge >= 0.3 is 6.03 Å². The van der Waals surface area contributed by atoms with E-state index in [1.54, 1.807) is 0 Å². The molecule has 5 heteroatoms. The van der Waals surface area contributed by atoms with Crippen molar-refractivity contribution in [3.05, 3.63) is 11.6 Å². The number of carbonyl (C=O) groups excluding carboxylic acids is 3. The highest BCUT2D eigenvalue weighted by Crippen LogP contribution is 2.22. The Hall–Kier alpha value is -1.65. The predicted octanol–water partition coefficient (Wildman–Crippen LogP) is 1.98. The van der Waals surface area contributed by atoms with Crippen molar-refractivity contribution in [2.24, 2.45) is 5.92 Å². The summed E-state index contributed by atoms with van der Waals surface area (Å²) in [5, 5.41) is 2.28. The van der Waals surface area contributed by atoms with Crippen molar-refractivity contribution < 1.29 is 14.4 Å². The summed E-state index contributed by atoms with van der Waals surface area (Å²) in [6.07, 6.45) is 7.46. The van der Waals surface area contributed by atoms with Gasteiger partial charge in [-0.25, -0.2) is 4.79 Å². The molecule has 1 atom stereocenters. The van der Waals surface area contributed by atoms with Crippen molar-refractivity contribution in [3.8, 4) is 0 Å². The molecule has 0 spiro atoms. The maximum atomic E-state index is 12.2. The Labute approximate surface area is 113 Å². The van der Waals surface area contributed by atoms with Crippen molar-refractivity contribution in [3.63, 3.8) is 0 Å². The summed E-state index contributed by atoms with van der Waals surface area (Å²) in [7, 11) is 0. The van der Waals surface area contributed by atoms with Crippen molar-refractivity contribution in [2.75, 3.05) is 6.54 Å². The molecule has 0 aromatic heterocycles. The van der Waals surface area contributed by atoms with Gasteiger partial charge in [-0.2, -0.15) is 0 Å². The van der Waals surface area contributed by atoms with Crippen LogP contribution in [0.4, 0.5) is 4.79 Å².